The highest BCUT2D eigenvalue weighted by Crippen LogP contribution is 2.14. The van der Waals surface area contributed by atoms with Crippen molar-refractivity contribution in [3.63, 3.8) is 0 Å². The first kappa shape index (κ1) is 18.1. The van der Waals surface area contributed by atoms with Crippen LogP contribution < -0.4 is 10.9 Å². The minimum absolute atomic E-state index is 0.168. The maximum atomic E-state index is 12.5. The van der Waals surface area contributed by atoms with Crippen LogP contribution in [0.3, 0.4) is 0 Å². The van der Waals surface area contributed by atoms with Crippen LogP contribution in [-0.4, -0.2) is 64.2 Å². The number of carbonyl (C=O) groups excluding carboxylic acids is 1. The monoisotopic (exact) mass is 356 g/mol. The number of nitrogens with zero attached hydrogens (tertiary/aromatic N) is 4. The molecule has 0 radical (unpaired) electrons. The van der Waals surface area contributed by atoms with Crippen molar-refractivity contribution in [2.24, 2.45) is 0 Å². The highest BCUT2D eigenvalue weighted by molar-refractivity contribution is 5.74. The molecule has 2 N–H and O–H groups in total. The Bertz CT molecular complexity index is 799. The van der Waals surface area contributed by atoms with Crippen LogP contribution in [0.15, 0.2) is 35.1 Å². The number of piperazine rings is 1. The second-order valence-electron chi connectivity index (χ2n) is 6.45. The molecule has 1 saturated heterocycles. The zero-order chi connectivity index (χ0) is 18.5. The SMILES string of the molecule is CCC(NC(=O)N1CCN(C)CC1)c1nnc(-c2ccccc2)[nH]c1=O. The third-order valence-corrected chi connectivity index (χ3v) is 4.60. The Morgan fingerprint density at radius 1 is 1.19 bits per heavy atom. The molecular formula is C18H24N6O2. The fraction of sp³-hybridized carbons (Fsp3) is 0.444. The van der Waals surface area contributed by atoms with E-state index in [0.29, 0.717) is 25.3 Å². The van der Waals surface area contributed by atoms with Crippen LogP contribution in [0.1, 0.15) is 25.1 Å². The van der Waals surface area contributed by atoms with Crippen molar-refractivity contribution in [3.8, 4) is 11.4 Å². The van der Waals surface area contributed by atoms with E-state index in [-0.39, 0.29) is 17.3 Å². The maximum Gasteiger partial charge on any atom is 0.318 e. The number of hydrogen-bond acceptors (Lipinski definition) is 5. The van der Waals surface area contributed by atoms with Crippen molar-refractivity contribution in [1.29, 1.82) is 0 Å². The summed E-state index contributed by atoms with van der Waals surface area (Å²) in [5.74, 6) is 0.416. The van der Waals surface area contributed by atoms with Crippen LogP contribution in [-0.2, 0) is 0 Å². The maximum absolute atomic E-state index is 12.5. The van der Waals surface area contributed by atoms with Crippen LogP contribution in [0.5, 0.6) is 0 Å². The highest BCUT2D eigenvalue weighted by Gasteiger charge is 2.24. The second-order valence-corrected chi connectivity index (χ2v) is 6.45. The first-order valence-corrected chi connectivity index (χ1v) is 8.84. The average Bonchev–Trinajstić information content (AvgIpc) is 2.67. The fourth-order valence-corrected chi connectivity index (χ4v) is 2.91. The number of H-pyrrole nitrogens is 1. The minimum atomic E-state index is -0.469. The van der Waals surface area contributed by atoms with Gasteiger partial charge in [-0.2, -0.15) is 0 Å². The normalized spacial score (nSPS) is 16.3. The molecule has 1 atom stereocenters. The van der Waals surface area contributed by atoms with E-state index in [1.54, 1.807) is 4.90 Å². The number of hydrogen-bond donors (Lipinski definition) is 2. The van der Waals surface area contributed by atoms with Gasteiger partial charge in [0.15, 0.2) is 11.5 Å². The molecule has 1 fully saturated rings. The number of benzene rings is 1. The van der Waals surface area contributed by atoms with E-state index in [1.165, 1.54) is 0 Å². The van der Waals surface area contributed by atoms with E-state index in [2.05, 4.69) is 25.4 Å². The van der Waals surface area contributed by atoms with Gasteiger partial charge >= 0.3 is 6.03 Å². The summed E-state index contributed by atoms with van der Waals surface area (Å²) in [4.78, 5) is 31.7. The van der Waals surface area contributed by atoms with Gasteiger partial charge in [-0.25, -0.2) is 4.79 Å². The van der Waals surface area contributed by atoms with Gasteiger partial charge in [-0.3, -0.25) is 4.79 Å². The van der Waals surface area contributed by atoms with E-state index >= 15 is 0 Å². The summed E-state index contributed by atoms with van der Waals surface area (Å²) in [5.41, 5.74) is 0.692. The van der Waals surface area contributed by atoms with Crippen LogP contribution >= 0.6 is 0 Å². The molecule has 0 saturated carbocycles. The molecule has 0 aliphatic carbocycles. The zero-order valence-corrected chi connectivity index (χ0v) is 15.1. The number of amides is 2. The van der Waals surface area contributed by atoms with E-state index in [1.807, 2.05) is 44.3 Å². The van der Waals surface area contributed by atoms with Crippen LogP contribution in [0.2, 0.25) is 0 Å². The van der Waals surface area contributed by atoms with E-state index in [0.717, 1.165) is 18.7 Å². The van der Waals surface area contributed by atoms with Gasteiger partial charge in [-0.1, -0.05) is 37.3 Å². The molecule has 1 aromatic carbocycles. The van der Waals surface area contributed by atoms with Gasteiger partial charge in [0.25, 0.3) is 5.56 Å². The average molecular weight is 356 g/mol. The number of aromatic amines is 1. The number of carbonyl (C=O) groups is 1. The molecule has 8 heteroatoms. The summed E-state index contributed by atoms with van der Waals surface area (Å²) in [6.07, 6.45) is 0.557. The molecule has 3 rings (SSSR count). The van der Waals surface area contributed by atoms with Crippen molar-refractivity contribution in [1.82, 2.24) is 30.3 Å². The van der Waals surface area contributed by atoms with Crippen molar-refractivity contribution in [3.05, 3.63) is 46.4 Å². The molecule has 1 aliphatic heterocycles. The Kier molecular flexibility index (Phi) is 5.62. The number of nitrogens with one attached hydrogen (secondary N) is 2. The van der Waals surface area contributed by atoms with Gasteiger partial charge < -0.3 is 20.1 Å². The third kappa shape index (κ3) is 4.08. The molecule has 1 unspecified atom stereocenters. The quantitative estimate of drug-likeness (QED) is 0.860. The number of rotatable bonds is 4. The largest absolute Gasteiger partial charge is 0.329 e. The first-order valence-electron chi connectivity index (χ1n) is 8.84. The van der Waals surface area contributed by atoms with Gasteiger partial charge in [0.05, 0.1) is 6.04 Å². The van der Waals surface area contributed by atoms with Gasteiger partial charge in [0, 0.05) is 31.7 Å². The highest BCUT2D eigenvalue weighted by atomic mass is 16.2. The molecule has 2 amide bonds. The van der Waals surface area contributed by atoms with Crippen molar-refractivity contribution < 1.29 is 4.79 Å². The lowest BCUT2D eigenvalue weighted by molar-refractivity contribution is 0.151. The summed E-state index contributed by atoms with van der Waals surface area (Å²) in [6, 6.07) is 8.70. The van der Waals surface area contributed by atoms with Crippen LogP contribution in [0, 0.1) is 0 Å². The van der Waals surface area contributed by atoms with Crippen molar-refractivity contribution >= 4 is 6.03 Å². The molecule has 0 spiro atoms. The zero-order valence-electron chi connectivity index (χ0n) is 15.1. The van der Waals surface area contributed by atoms with Gasteiger partial charge in [-0.05, 0) is 13.5 Å². The minimum Gasteiger partial charge on any atom is -0.329 e. The van der Waals surface area contributed by atoms with E-state index in [9.17, 15) is 9.59 Å². The Labute approximate surface area is 152 Å². The Hall–Kier alpha value is -2.74. The molecule has 8 nitrogen and oxygen atoms in total. The van der Waals surface area contributed by atoms with Crippen molar-refractivity contribution in [2.75, 3.05) is 33.2 Å². The van der Waals surface area contributed by atoms with Gasteiger partial charge in [0.1, 0.15) is 0 Å². The van der Waals surface area contributed by atoms with E-state index in [4.69, 9.17) is 0 Å². The molecule has 26 heavy (non-hydrogen) atoms. The van der Waals surface area contributed by atoms with Crippen LogP contribution in [0.25, 0.3) is 11.4 Å². The summed E-state index contributed by atoms with van der Waals surface area (Å²) in [5, 5.41) is 11.1. The third-order valence-electron chi connectivity index (χ3n) is 4.60. The lowest BCUT2D eigenvalue weighted by atomic mass is 10.1. The lowest BCUT2D eigenvalue weighted by Gasteiger charge is -2.33. The predicted molar refractivity (Wildman–Crippen MR) is 98.7 cm³/mol. The summed E-state index contributed by atoms with van der Waals surface area (Å²) in [6.45, 7) is 4.94. The standard InChI is InChI=1S/C18H24N6O2/c1-3-14(19-18(26)24-11-9-23(2)10-12-24)15-17(25)20-16(22-21-15)13-7-5-4-6-8-13/h4-8,14H,3,9-12H2,1-2H3,(H,19,26)(H,20,22,25). The Balaban J connectivity index is 1.74. The predicted octanol–water partition coefficient (Wildman–Crippen LogP) is 1.24. The summed E-state index contributed by atoms with van der Waals surface area (Å²) < 4.78 is 0. The number of likely N-dealkylation sites (N-methyl/N-ethyl adjacent to an activating group) is 1. The lowest BCUT2D eigenvalue weighted by Crippen LogP contribution is -2.51. The van der Waals surface area contributed by atoms with Crippen molar-refractivity contribution in [2.45, 2.75) is 19.4 Å². The van der Waals surface area contributed by atoms with Gasteiger partial charge in [-0.15, -0.1) is 10.2 Å². The first-order chi connectivity index (χ1) is 12.6. The molecule has 138 valence electrons. The summed E-state index contributed by atoms with van der Waals surface area (Å²) >= 11 is 0. The van der Waals surface area contributed by atoms with Crippen LogP contribution in [0.4, 0.5) is 4.79 Å². The summed E-state index contributed by atoms with van der Waals surface area (Å²) in [7, 11) is 2.04. The number of urea groups is 1. The molecule has 0 bridgehead atoms. The Morgan fingerprint density at radius 3 is 2.50 bits per heavy atom. The van der Waals surface area contributed by atoms with E-state index < -0.39 is 6.04 Å². The smallest absolute Gasteiger partial charge is 0.318 e. The molecule has 1 aliphatic rings. The molecule has 1 aromatic heterocycles. The fourth-order valence-electron chi connectivity index (χ4n) is 2.91. The molecular weight excluding hydrogens is 332 g/mol. The Morgan fingerprint density at radius 2 is 1.88 bits per heavy atom. The number of aromatic nitrogens is 3. The molecule has 2 heterocycles. The topological polar surface area (TPSA) is 94.2 Å². The molecule has 2 aromatic rings. The van der Waals surface area contributed by atoms with Gasteiger partial charge in [0.2, 0.25) is 0 Å². The second kappa shape index (κ2) is 8.09.